The van der Waals surface area contributed by atoms with E-state index in [-0.39, 0.29) is 11.8 Å². The molecule has 0 atom stereocenters. The molecule has 148 valence electrons. The van der Waals surface area contributed by atoms with E-state index in [0.29, 0.717) is 54.9 Å². The Balaban J connectivity index is 1.48. The fourth-order valence-electron chi connectivity index (χ4n) is 4.09. The topological polar surface area (TPSA) is 56.5 Å². The highest BCUT2D eigenvalue weighted by molar-refractivity contribution is 6.46. The number of piperidine rings is 1. The Bertz CT molecular complexity index is 1030. The van der Waals surface area contributed by atoms with Crippen LogP contribution in [0.4, 0.5) is 13.2 Å². The van der Waals surface area contributed by atoms with Crippen molar-refractivity contribution in [2.45, 2.75) is 31.5 Å². The normalized spacial score (nSPS) is 16.9. The van der Waals surface area contributed by atoms with Gasteiger partial charge in [0.1, 0.15) is 5.71 Å². The van der Waals surface area contributed by atoms with E-state index >= 15 is 0 Å². The maximum atomic E-state index is 13.3. The van der Waals surface area contributed by atoms with Gasteiger partial charge >= 0.3 is 6.18 Å². The number of alkyl halides is 3. The molecular weight excluding hydrogens is 379 g/mol. The molecular formula is C22H18F3N3O. The molecule has 2 aliphatic heterocycles. The van der Waals surface area contributed by atoms with Crippen LogP contribution in [0.3, 0.4) is 0 Å². The predicted octanol–water partition coefficient (Wildman–Crippen LogP) is 4.29. The zero-order valence-electron chi connectivity index (χ0n) is 15.5. The summed E-state index contributed by atoms with van der Waals surface area (Å²) in [5.41, 5.74) is 2.09. The number of hydrogen-bond acceptors (Lipinski definition) is 3. The molecule has 7 heteroatoms. The van der Waals surface area contributed by atoms with Crippen molar-refractivity contribution >= 4 is 11.6 Å². The van der Waals surface area contributed by atoms with E-state index in [4.69, 9.17) is 5.26 Å². The number of nitriles is 1. The van der Waals surface area contributed by atoms with Crippen LogP contribution in [0.25, 0.3) is 0 Å². The molecule has 0 aliphatic carbocycles. The molecule has 29 heavy (non-hydrogen) atoms. The number of nitrogens with zero attached hydrogens (tertiary/aromatic N) is 3. The highest BCUT2D eigenvalue weighted by Crippen LogP contribution is 2.38. The Kier molecular flexibility index (Phi) is 4.87. The minimum atomic E-state index is -4.38. The van der Waals surface area contributed by atoms with Crippen molar-refractivity contribution in [3.63, 3.8) is 0 Å². The van der Waals surface area contributed by atoms with Gasteiger partial charge in [-0.25, -0.2) is 0 Å². The van der Waals surface area contributed by atoms with Gasteiger partial charge in [-0.05, 0) is 48.1 Å². The molecule has 0 N–H and O–H groups in total. The SMILES string of the molecule is N#Cc1ccc2c(c1)C(C(=O)N1CCC(c3ccccc3C(F)(F)F)CC1)=NC2. The van der Waals surface area contributed by atoms with Crippen LogP contribution >= 0.6 is 0 Å². The van der Waals surface area contributed by atoms with Crippen molar-refractivity contribution in [2.75, 3.05) is 13.1 Å². The molecule has 1 saturated heterocycles. The molecule has 0 spiro atoms. The molecule has 4 nitrogen and oxygen atoms in total. The van der Waals surface area contributed by atoms with Crippen molar-refractivity contribution in [3.8, 4) is 6.07 Å². The maximum Gasteiger partial charge on any atom is 0.416 e. The van der Waals surface area contributed by atoms with Crippen LogP contribution < -0.4 is 0 Å². The second-order valence-corrected chi connectivity index (χ2v) is 7.30. The summed E-state index contributed by atoms with van der Waals surface area (Å²) < 4.78 is 39.9. The van der Waals surface area contributed by atoms with Gasteiger partial charge in [-0.1, -0.05) is 24.3 Å². The first kappa shape index (κ1) is 19.2. The average Bonchev–Trinajstić information content (AvgIpc) is 3.16. The first-order chi connectivity index (χ1) is 13.9. The summed E-state index contributed by atoms with van der Waals surface area (Å²) in [5, 5.41) is 9.09. The molecule has 0 unspecified atom stereocenters. The minimum absolute atomic E-state index is 0.221. The lowest BCUT2D eigenvalue weighted by atomic mass is 9.86. The van der Waals surface area contributed by atoms with Gasteiger partial charge < -0.3 is 4.90 Å². The Labute approximate surface area is 166 Å². The van der Waals surface area contributed by atoms with Crippen molar-refractivity contribution in [1.29, 1.82) is 5.26 Å². The number of carbonyl (C=O) groups excluding carboxylic acids is 1. The molecule has 1 fully saturated rings. The molecule has 0 saturated carbocycles. The number of amides is 1. The van der Waals surface area contributed by atoms with Crippen LogP contribution in [-0.2, 0) is 17.5 Å². The third-order valence-electron chi connectivity index (χ3n) is 5.59. The van der Waals surface area contributed by atoms with Gasteiger partial charge in [0, 0.05) is 18.7 Å². The first-order valence-electron chi connectivity index (χ1n) is 9.41. The monoisotopic (exact) mass is 397 g/mol. The third-order valence-corrected chi connectivity index (χ3v) is 5.59. The van der Waals surface area contributed by atoms with Crippen LogP contribution in [-0.4, -0.2) is 29.6 Å². The lowest BCUT2D eigenvalue weighted by molar-refractivity contribution is -0.138. The number of carbonyl (C=O) groups is 1. The fraction of sp³-hybridized carbons (Fsp3) is 0.318. The summed E-state index contributed by atoms with van der Waals surface area (Å²) in [5.74, 6) is -0.457. The highest BCUT2D eigenvalue weighted by atomic mass is 19.4. The predicted molar refractivity (Wildman–Crippen MR) is 101 cm³/mol. The molecule has 1 amide bonds. The van der Waals surface area contributed by atoms with Crippen LogP contribution in [0.15, 0.2) is 47.5 Å². The molecule has 2 aromatic carbocycles. The Morgan fingerprint density at radius 1 is 1.14 bits per heavy atom. The molecule has 0 aromatic heterocycles. The average molecular weight is 397 g/mol. The summed E-state index contributed by atoms with van der Waals surface area (Å²) >= 11 is 0. The van der Waals surface area contributed by atoms with Gasteiger partial charge in [-0.15, -0.1) is 0 Å². The van der Waals surface area contributed by atoms with Crippen molar-refractivity contribution in [1.82, 2.24) is 4.90 Å². The second-order valence-electron chi connectivity index (χ2n) is 7.30. The van der Waals surface area contributed by atoms with E-state index in [1.165, 1.54) is 12.1 Å². The Hall–Kier alpha value is -3.14. The van der Waals surface area contributed by atoms with Gasteiger partial charge in [0.25, 0.3) is 5.91 Å². The fourth-order valence-corrected chi connectivity index (χ4v) is 4.09. The summed E-state index contributed by atoms with van der Waals surface area (Å²) in [6, 6.07) is 12.9. The lowest BCUT2D eigenvalue weighted by Gasteiger charge is -2.33. The van der Waals surface area contributed by atoms with Crippen molar-refractivity contribution in [3.05, 3.63) is 70.3 Å². The number of likely N-dealkylation sites (tertiary alicyclic amines) is 1. The number of fused-ring (bicyclic) bond motifs is 1. The standard InChI is InChI=1S/C22H18F3N3O/c23-22(24,25)19-4-2-1-3-17(19)15-7-9-28(10-8-15)21(29)20-18-11-14(12-26)5-6-16(18)13-27-20/h1-6,11,15H,7-10,13H2. The van der Waals surface area contributed by atoms with Crippen LogP contribution in [0, 0.1) is 11.3 Å². The van der Waals surface area contributed by atoms with Gasteiger partial charge in [-0.2, -0.15) is 18.4 Å². The molecule has 0 radical (unpaired) electrons. The second kappa shape index (κ2) is 7.36. The van der Waals surface area contributed by atoms with Gasteiger partial charge in [0.15, 0.2) is 0 Å². The van der Waals surface area contributed by atoms with E-state index < -0.39 is 11.7 Å². The molecule has 2 aromatic rings. The zero-order valence-corrected chi connectivity index (χ0v) is 15.5. The summed E-state index contributed by atoms with van der Waals surface area (Å²) in [6.45, 7) is 1.15. The third kappa shape index (κ3) is 3.63. The van der Waals surface area contributed by atoms with Gasteiger partial charge in [-0.3, -0.25) is 9.79 Å². The smallest absolute Gasteiger partial charge is 0.337 e. The molecule has 2 aliphatic rings. The van der Waals surface area contributed by atoms with Crippen LogP contribution in [0.2, 0.25) is 0 Å². The van der Waals surface area contributed by atoms with E-state index in [9.17, 15) is 18.0 Å². The molecule has 2 heterocycles. The van der Waals surface area contributed by atoms with E-state index in [2.05, 4.69) is 11.1 Å². The van der Waals surface area contributed by atoms with E-state index in [1.54, 1.807) is 29.2 Å². The van der Waals surface area contributed by atoms with Gasteiger partial charge in [0.05, 0.1) is 23.7 Å². The van der Waals surface area contributed by atoms with E-state index in [1.807, 2.05) is 0 Å². The molecule has 4 rings (SSSR count). The summed E-state index contributed by atoms with van der Waals surface area (Å²) in [7, 11) is 0. The quantitative estimate of drug-likeness (QED) is 0.759. The van der Waals surface area contributed by atoms with Gasteiger partial charge in [0.2, 0.25) is 0 Å². The number of hydrogen-bond donors (Lipinski definition) is 0. The number of benzene rings is 2. The van der Waals surface area contributed by atoms with Crippen LogP contribution in [0.5, 0.6) is 0 Å². The van der Waals surface area contributed by atoms with Crippen LogP contribution in [0.1, 0.15) is 46.6 Å². The maximum absolute atomic E-state index is 13.3. The minimum Gasteiger partial charge on any atom is -0.337 e. The number of rotatable bonds is 2. The summed E-state index contributed by atoms with van der Waals surface area (Å²) in [4.78, 5) is 19.0. The lowest BCUT2D eigenvalue weighted by Crippen LogP contribution is -2.42. The number of aliphatic imine (C=N–C) groups is 1. The number of halogens is 3. The largest absolute Gasteiger partial charge is 0.416 e. The van der Waals surface area contributed by atoms with Crippen molar-refractivity contribution < 1.29 is 18.0 Å². The first-order valence-corrected chi connectivity index (χ1v) is 9.41. The Morgan fingerprint density at radius 3 is 2.55 bits per heavy atom. The van der Waals surface area contributed by atoms with E-state index in [0.717, 1.165) is 11.6 Å². The molecule has 0 bridgehead atoms. The zero-order chi connectivity index (χ0) is 20.6. The highest BCUT2D eigenvalue weighted by Gasteiger charge is 2.36. The summed E-state index contributed by atoms with van der Waals surface area (Å²) in [6.07, 6.45) is -3.45. The Morgan fingerprint density at radius 2 is 1.86 bits per heavy atom. The van der Waals surface area contributed by atoms with Crippen molar-refractivity contribution in [2.24, 2.45) is 4.99 Å².